The van der Waals surface area contributed by atoms with Crippen LogP contribution < -0.4 is 11.3 Å². The maximum absolute atomic E-state index is 13.2. The monoisotopic (exact) mass is 296 g/mol. The zero-order valence-electron chi connectivity index (χ0n) is 8.77. The number of benzene rings is 1. The second kappa shape index (κ2) is 5.31. The van der Waals surface area contributed by atoms with E-state index in [0.29, 0.717) is 11.3 Å². The van der Waals surface area contributed by atoms with Gasteiger partial charge in [-0.05, 0) is 23.8 Å². The Hall–Kier alpha value is -1.37. The summed E-state index contributed by atoms with van der Waals surface area (Å²) < 4.78 is 14.0. The van der Waals surface area contributed by atoms with Crippen molar-refractivity contribution in [3.8, 4) is 0 Å². The van der Waals surface area contributed by atoms with Gasteiger partial charge in [0.15, 0.2) is 0 Å². The highest BCUT2D eigenvalue weighted by atomic mass is 79.9. The summed E-state index contributed by atoms with van der Waals surface area (Å²) in [6, 6.07) is 4.00. The molecule has 0 radical (unpaired) electrons. The zero-order valence-corrected chi connectivity index (χ0v) is 10.4. The van der Waals surface area contributed by atoms with E-state index in [2.05, 4.69) is 31.3 Å². The normalized spacial score (nSPS) is 12.4. The van der Waals surface area contributed by atoms with E-state index in [0.717, 1.165) is 4.47 Å². The summed E-state index contributed by atoms with van der Waals surface area (Å²) in [5.41, 5.74) is 3.90. The van der Waals surface area contributed by atoms with Crippen molar-refractivity contribution >= 4 is 15.9 Å². The summed E-state index contributed by atoms with van der Waals surface area (Å²) >= 11 is 3.36. The SMILES string of the molecule is NNC(c1cnccn1)c1cc(F)ccc1Br. The molecule has 4 nitrogen and oxygen atoms in total. The molecule has 0 aliphatic rings. The van der Waals surface area contributed by atoms with Crippen molar-refractivity contribution in [3.63, 3.8) is 0 Å². The number of nitrogens with two attached hydrogens (primary N) is 1. The second-order valence-electron chi connectivity index (χ2n) is 3.40. The third-order valence-electron chi connectivity index (χ3n) is 2.31. The van der Waals surface area contributed by atoms with Gasteiger partial charge in [0.05, 0.1) is 17.9 Å². The van der Waals surface area contributed by atoms with Crippen LogP contribution in [0.3, 0.4) is 0 Å². The van der Waals surface area contributed by atoms with Crippen LogP contribution in [-0.4, -0.2) is 9.97 Å². The van der Waals surface area contributed by atoms with E-state index in [1.54, 1.807) is 24.7 Å². The molecule has 2 rings (SSSR count). The molecule has 0 fully saturated rings. The largest absolute Gasteiger partial charge is 0.271 e. The molecule has 2 aromatic rings. The van der Waals surface area contributed by atoms with Gasteiger partial charge in [-0.3, -0.25) is 15.8 Å². The topological polar surface area (TPSA) is 63.8 Å². The summed E-state index contributed by atoms with van der Waals surface area (Å²) in [6.45, 7) is 0. The highest BCUT2D eigenvalue weighted by Gasteiger charge is 2.17. The minimum absolute atomic E-state index is 0.327. The van der Waals surface area contributed by atoms with Gasteiger partial charge in [0.2, 0.25) is 0 Å². The maximum Gasteiger partial charge on any atom is 0.123 e. The molecule has 0 aliphatic carbocycles. The van der Waals surface area contributed by atoms with Crippen LogP contribution in [0, 0.1) is 5.82 Å². The van der Waals surface area contributed by atoms with Gasteiger partial charge in [0.25, 0.3) is 0 Å². The van der Waals surface area contributed by atoms with Gasteiger partial charge in [0.1, 0.15) is 5.82 Å². The number of aromatic nitrogens is 2. The lowest BCUT2D eigenvalue weighted by atomic mass is 10.0. The Morgan fingerprint density at radius 1 is 1.35 bits per heavy atom. The van der Waals surface area contributed by atoms with E-state index in [9.17, 15) is 4.39 Å². The number of nitrogens with zero attached hydrogens (tertiary/aromatic N) is 2. The molecule has 1 aromatic heterocycles. The Kier molecular flexibility index (Phi) is 3.78. The average molecular weight is 297 g/mol. The number of hydrazine groups is 1. The van der Waals surface area contributed by atoms with E-state index in [1.165, 1.54) is 12.1 Å². The molecule has 3 N–H and O–H groups in total. The number of nitrogens with one attached hydrogen (secondary N) is 1. The maximum atomic E-state index is 13.2. The molecule has 88 valence electrons. The third kappa shape index (κ3) is 2.66. The molecule has 1 atom stereocenters. The standard InChI is InChI=1S/C11H10BrFN4/c12-9-2-1-7(13)5-8(9)11(17-14)10-6-15-3-4-16-10/h1-6,11,17H,14H2. The minimum Gasteiger partial charge on any atom is -0.271 e. The van der Waals surface area contributed by atoms with E-state index in [4.69, 9.17) is 5.84 Å². The van der Waals surface area contributed by atoms with Crippen molar-refractivity contribution in [3.05, 3.63) is 58.3 Å². The van der Waals surface area contributed by atoms with Crippen molar-refractivity contribution in [1.29, 1.82) is 0 Å². The van der Waals surface area contributed by atoms with E-state index in [-0.39, 0.29) is 5.82 Å². The van der Waals surface area contributed by atoms with Crippen LogP contribution in [0.2, 0.25) is 0 Å². The molecular weight excluding hydrogens is 287 g/mol. The number of rotatable bonds is 3. The van der Waals surface area contributed by atoms with Crippen molar-refractivity contribution in [1.82, 2.24) is 15.4 Å². The van der Waals surface area contributed by atoms with Gasteiger partial charge < -0.3 is 0 Å². The van der Waals surface area contributed by atoms with Crippen molar-refractivity contribution in [2.75, 3.05) is 0 Å². The summed E-state index contributed by atoms with van der Waals surface area (Å²) in [7, 11) is 0. The predicted octanol–water partition coefficient (Wildman–Crippen LogP) is 1.93. The summed E-state index contributed by atoms with van der Waals surface area (Å²) in [6.07, 6.45) is 4.71. The molecule has 1 unspecified atom stereocenters. The molecule has 0 bridgehead atoms. The quantitative estimate of drug-likeness (QED) is 0.671. The molecule has 6 heteroatoms. The lowest BCUT2D eigenvalue weighted by Crippen LogP contribution is -2.30. The summed E-state index contributed by atoms with van der Waals surface area (Å²) in [4.78, 5) is 8.11. The highest BCUT2D eigenvalue weighted by molar-refractivity contribution is 9.10. The number of halogens is 2. The second-order valence-corrected chi connectivity index (χ2v) is 4.25. The first-order valence-electron chi connectivity index (χ1n) is 4.89. The van der Waals surface area contributed by atoms with Gasteiger partial charge in [-0.1, -0.05) is 15.9 Å². The lowest BCUT2D eigenvalue weighted by molar-refractivity contribution is 0.594. The summed E-state index contributed by atoms with van der Waals surface area (Å²) in [5, 5.41) is 0. The molecular formula is C11H10BrFN4. The molecule has 0 saturated heterocycles. The third-order valence-corrected chi connectivity index (χ3v) is 3.04. The Labute approximate surface area is 106 Å². The van der Waals surface area contributed by atoms with Gasteiger partial charge in [-0.15, -0.1) is 0 Å². The van der Waals surface area contributed by atoms with Crippen LogP contribution in [0.5, 0.6) is 0 Å². The fourth-order valence-corrected chi connectivity index (χ4v) is 2.01. The molecule has 0 aliphatic heterocycles. The molecule has 1 heterocycles. The molecule has 0 saturated carbocycles. The smallest absolute Gasteiger partial charge is 0.123 e. The first-order chi connectivity index (χ1) is 8.22. The van der Waals surface area contributed by atoms with Crippen LogP contribution in [0.1, 0.15) is 17.3 Å². The average Bonchev–Trinajstić information content (AvgIpc) is 2.36. The van der Waals surface area contributed by atoms with Gasteiger partial charge in [-0.2, -0.15) is 0 Å². The van der Waals surface area contributed by atoms with Crippen LogP contribution in [0.4, 0.5) is 4.39 Å². The Morgan fingerprint density at radius 2 is 2.18 bits per heavy atom. The molecule has 17 heavy (non-hydrogen) atoms. The highest BCUT2D eigenvalue weighted by Crippen LogP contribution is 2.27. The predicted molar refractivity (Wildman–Crippen MR) is 65.3 cm³/mol. The molecule has 0 spiro atoms. The summed E-state index contributed by atoms with van der Waals surface area (Å²) in [5.74, 6) is 5.17. The number of hydrogen-bond acceptors (Lipinski definition) is 4. The lowest BCUT2D eigenvalue weighted by Gasteiger charge is -2.16. The van der Waals surface area contributed by atoms with E-state index < -0.39 is 6.04 Å². The molecule has 0 amide bonds. The first-order valence-corrected chi connectivity index (χ1v) is 5.68. The minimum atomic E-state index is -0.409. The van der Waals surface area contributed by atoms with Gasteiger partial charge >= 0.3 is 0 Å². The van der Waals surface area contributed by atoms with E-state index in [1.807, 2.05) is 0 Å². The zero-order chi connectivity index (χ0) is 12.3. The van der Waals surface area contributed by atoms with Crippen molar-refractivity contribution in [2.24, 2.45) is 5.84 Å². The van der Waals surface area contributed by atoms with E-state index >= 15 is 0 Å². The van der Waals surface area contributed by atoms with Crippen molar-refractivity contribution < 1.29 is 4.39 Å². The fourth-order valence-electron chi connectivity index (χ4n) is 1.53. The Bertz CT molecular complexity index is 506. The fraction of sp³-hybridized carbons (Fsp3) is 0.0909. The van der Waals surface area contributed by atoms with Crippen LogP contribution in [0.25, 0.3) is 0 Å². The Balaban J connectivity index is 2.46. The van der Waals surface area contributed by atoms with Crippen molar-refractivity contribution in [2.45, 2.75) is 6.04 Å². The van der Waals surface area contributed by atoms with Crippen LogP contribution in [-0.2, 0) is 0 Å². The van der Waals surface area contributed by atoms with Crippen LogP contribution in [0.15, 0.2) is 41.3 Å². The molecule has 1 aromatic carbocycles. The van der Waals surface area contributed by atoms with Crippen LogP contribution >= 0.6 is 15.9 Å². The first kappa shape index (κ1) is 12.1. The van der Waals surface area contributed by atoms with Gasteiger partial charge in [-0.25, -0.2) is 9.82 Å². The Morgan fingerprint density at radius 3 is 2.82 bits per heavy atom. The van der Waals surface area contributed by atoms with Gasteiger partial charge in [0, 0.05) is 16.9 Å². The number of hydrogen-bond donors (Lipinski definition) is 2.